The van der Waals surface area contributed by atoms with Crippen LogP contribution in [0.5, 0.6) is 0 Å². The normalized spacial score (nSPS) is 24.6. The van der Waals surface area contributed by atoms with Crippen LogP contribution in [-0.2, 0) is 4.74 Å². The summed E-state index contributed by atoms with van der Waals surface area (Å²) >= 11 is 0. The van der Waals surface area contributed by atoms with Crippen LogP contribution in [-0.4, -0.2) is 54.8 Å². The van der Waals surface area contributed by atoms with Crippen LogP contribution < -0.4 is 11.1 Å². The van der Waals surface area contributed by atoms with E-state index in [1.165, 1.54) is 25.7 Å². The first-order valence-corrected chi connectivity index (χ1v) is 8.71. The maximum atomic E-state index is 6.07. The van der Waals surface area contributed by atoms with Crippen LogP contribution in [0.4, 0.5) is 0 Å². The number of hydrogen-bond donors (Lipinski definition) is 2. The van der Waals surface area contributed by atoms with Crippen molar-refractivity contribution < 1.29 is 4.74 Å². The highest BCUT2D eigenvalue weighted by Gasteiger charge is 2.40. The first-order chi connectivity index (χ1) is 10.3. The highest BCUT2D eigenvalue weighted by Crippen LogP contribution is 2.37. The summed E-state index contributed by atoms with van der Waals surface area (Å²) < 4.78 is 5.50. The van der Waals surface area contributed by atoms with E-state index in [1.54, 1.807) is 0 Å². The zero-order valence-corrected chi connectivity index (χ0v) is 14.8. The van der Waals surface area contributed by atoms with Gasteiger partial charge in [-0.3, -0.25) is 9.89 Å². The Hall–Kier alpha value is -0.810. The van der Waals surface area contributed by atoms with Gasteiger partial charge in [0.2, 0.25) is 0 Å². The van der Waals surface area contributed by atoms with E-state index < -0.39 is 0 Å². The smallest absolute Gasteiger partial charge is 0.189 e. The van der Waals surface area contributed by atoms with Crippen LogP contribution >= 0.6 is 0 Å². The summed E-state index contributed by atoms with van der Waals surface area (Å²) in [7, 11) is 1.83. The number of nitrogens with one attached hydrogen (secondary N) is 1. The number of nitrogens with zero attached hydrogens (tertiary/aromatic N) is 2. The molecule has 1 aliphatic heterocycles. The van der Waals surface area contributed by atoms with Crippen LogP contribution in [0, 0.1) is 0 Å². The van der Waals surface area contributed by atoms with Gasteiger partial charge in [-0.05, 0) is 46.5 Å². The van der Waals surface area contributed by atoms with Crippen molar-refractivity contribution in [3.63, 3.8) is 0 Å². The third-order valence-electron chi connectivity index (χ3n) is 5.03. The molecule has 1 aliphatic carbocycles. The fourth-order valence-electron chi connectivity index (χ4n) is 3.83. The minimum absolute atomic E-state index is 0.0345. The van der Waals surface area contributed by atoms with Crippen molar-refractivity contribution in [3.05, 3.63) is 0 Å². The highest BCUT2D eigenvalue weighted by molar-refractivity contribution is 5.78. The van der Waals surface area contributed by atoms with E-state index in [0.29, 0.717) is 12.1 Å². The van der Waals surface area contributed by atoms with Crippen molar-refractivity contribution in [2.45, 2.75) is 76.5 Å². The molecule has 0 atom stereocenters. The molecule has 0 bridgehead atoms. The minimum atomic E-state index is -0.0345. The molecule has 0 amide bonds. The largest absolute Gasteiger partial charge is 0.381 e. The van der Waals surface area contributed by atoms with Gasteiger partial charge in [0.25, 0.3) is 0 Å². The monoisotopic (exact) mass is 310 g/mol. The summed E-state index contributed by atoms with van der Waals surface area (Å²) in [4.78, 5) is 7.34. The first kappa shape index (κ1) is 17.5. The molecule has 0 spiro atoms. The SMILES string of the molecule is COC1CCN(C2(CN=C(N)NC(C)(C)C)CCCC2)CC1. The Morgan fingerprint density at radius 2 is 1.86 bits per heavy atom. The summed E-state index contributed by atoms with van der Waals surface area (Å²) in [5.74, 6) is 0.575. The van der Waals surface area contributed by atoms with E-state index in [4.69, 9.17) is 10.5 Å². The number of guanidine groups is 1. The van der Waals surface area contributed by atoms with E-state index in [-0.39, 0.29) is 11.1 Å². The lowest BCUT2D eigenvalue weighted by atomic mass is 9.91. The summed E-state index contributed by atoms with van der Waals surface area (Å²) in [6, 6.07) is 0. The average molecular weight is 310 g/mol. The Morgan fingerprint density at radius 3 is 2.36 bits per heavy atom. The summed E-state index contributed by atoms with van der Waals surface area (Å²) in [5.41, 5.74) is 6.26. The predicted molar refractivity (Wildman–Crippen MR) is 92.2 cm³/mol. The molecule has 0 aromatic carbocycles. The fourth-order valence-corrected chi connectivity index (χ4v) is 3.83. The van der Waals surface area contributed by atoms with Gasteiger partial charge in [0.1, 0.15) is 0 Å². The van der Waals surface area contributed by atoms with Crippen molar-refractivity contribution in [2.24, 2.45) is 10.7 Å². The molecular weight excluding hydrogens is 276 g/mol. The Morgan fingerprint density at radius 1 is 1.27 bits per heavy atom. The Kier molecular flexibility index (Phi) is 5.72. The molecule has 2 fully saturated rings. The van der Waals surface area contributed by atoms with Gasteiger partial charge in [0.05, 0.1) is 12.6 Å². The van der Waals surface area contributed by atoms with Crippen molar-refractivity contribution in [1.29, 1.82) is 0 Å². The van der Waals surface area contributed by atoms with Gasteiger partial charge in [-0.2, -0.15) is 0 Å². The van der Waals surface area contributed by atoms with Crippen LogP contribution in [0.25, 0.3) is 0 Å². The second kappa shape index (κ2) is 7.18. The van der Waals surface area contributed by atoms with E-state index in [2.05, 4.69) is 36.0 Å². The van der Waals surface area contributed by atoms with Crippen LogP contribution in [0.1, 0.15) is 59.3 Å². The van der Waals surface area contributed by atoms with Gasteiger partial charge < -0.3 is 15.8 Å². The molecule has 0 aromatic rings. The second-order valence-corrected chi connectivity index (χ2v) is 7.93. The molecule has 1 heterocycles. The predicted octanol–water partition coefficient (Wildman–Crippen LogP) is 2.11. The quantitative estimate of drug-likeness (QED) is 0.617. The van der Waals surface area contributed by atoms with Gasteiger partial charge in [0.15, 0.2) is 5.96 Å². The maximum absolute atomic E-state index is 6.07. The van der Waals surface area contributed by atoms with Crippen molar-refractivity contribution >= 4 is 5.96 Å². The molecule has 22 heavy (non-hydrogen) atoms. The zero-order valence-electron chi connectivity index (χ0n) is 14.8. The lowest BCUT2D eigenvalue weighted by molar-refractivity contribution is -0.0000625. The number of likely N-dealkylation sites (tertiary alicyclic amines) is 1. The number of rotatable bonds is 4. The summed E-state index contributed by atoms with van der Waals surface area (Å²) in [5, 5.41) is 3.27. The first-order valence-electron chi connectivity index (χ1n) is 8.71. The third-order valence-corrected chi connectivity index (χ3v) is 5.03. The van der Waals surface area contributed by atoms with Crippen molar-refractivity contribution in [2.75, 3.05) is 26.7 Å². The van der Waals surface area contributed by atoms with Gasteiger partial charge in [-0.25, -0.2) is 0 Å². The van der Waals surface area contributed by atoms with Gasteiger partial charge >= 0.3 is 0 Å². The lowest BCUT2D eigenvalue weighted by Crippen LogP contribution is -2.54. The zero-order chi connectivity index (χ0) is 16.2. The maximum Gasteiger partial charge on any atom is 0.189 e. The van der Waals surface area contributed by atoms with Crippen LogP contribution in [0.15, 0.2) is 4.99 Å². The van der Waals surface area contributed by atoms with E-state index >= 15 is 0 Å². The standard InChI is InChI=1S/C17H34N4O/c1-16(2,3)20-15(18)19-13-17(9-5-6-10-17)21-11-7-14(22-4)8-12-21/h14H,5-13H2,1-4H3,(H3,18,19,20). The van der Waals surface area contributed by atoms with Gasteiger partial charge in [-0.1, -0.05) is 12.8 Å². The number of hydrogen-bond acceptors (Lipinski definition) is 3. The van der Waals surface area contributed by atoms with Crippen LogP contribution in [0.3, 0.4) is 0 Å². The molecule has 0 aromatic heterocycles. The van der Waals surface area contributed by atoms with Gasteiger partial charge in [0, 0.05) is 31.3 Å². The molecule has 1 saturated heterocycles. The molecule has 5 nitrogen and oxygen atoms in total. The van der Waals surface area contributed by atoms with Crippen LogP contribution in [0.2, 0.25) is 0 Å². The minimum Gasteiger partial charge on any atom is -0.381 e. The molecule has 2 rings (SSSR count). The number of nitrogens with two attached hydrogens (primary N) is 1. The third kappa shape index (κ3) is 4.59. The molecule has 5 heteroatoms. The highest BCUT2D eigenvalue weighted by atomic mass is 16.5. The number of methoxy groups -OCH3 is 1. The van der Waals surface area contributed by atoms with E-state index in [9.17, 15) is 0 Å². The second-order valence-electron chi connectivity index (χ2n) is 7.93. The van der Waals surface area contributed by atoms with E-state index in [1.807, 2.05) is 7.11 Å². The average Bonchev–Trinajstić information content (AvgIpc) is 2.94. The van der Waals surface area contributed by atoms with Gasteiger partial charge in [-0.15, -0.1) is 0 Å². The number of aliphatic imine (C=N–C) groups is 1. The Bertz CT molecular complexity index is 375. The fraction of sp³-hybridized carbons (Fsp3) is 0.941. The molecular formula is C17H34N4O. The molecule has 0 unspecified atom stereocenters. The lowest BCUT2D eigenvalue weighted by Gasteiger charge is -2.44. The number of ether oxygens (including phenoxy) is 1. The Labute approximate surface area is 135 Å². The summed E-state index contributed by atoms with van der Waals surface area (Å²) in [6.07, 6.45) is 7.83. The molecule has 0 radical (unpaired) electrons. The van der Waals surface area contributed by atoms with Crippen molar-refractivity contribution in [3.8, 4) is 0 Å². The molecule has 128 valence electrons. The molecule has 1 saturated carbocycles. The van der Waals surface area contributed by atoms with E-state index in [0.717, 1.165) is 32.5 Å². The number of piperidine rings is 1. The summed E-state index contributed by atoms with van der Waals surface area (Å²) in [6.45, 7) is 9.39. The molecule has 2 aliphatic rings. The Balaban J connectivity index is 1.98. The topological polar surface area (TPSA) is 62.9 Å². The molecule has 3 N–H and O–H groups in total. The van der Waals surface area contributed by atoms with Crippen molar-refractivity contribution in [1.82, 2.24) is 10.2 Å².